The monoisotopic (exact) mass is 302 g/mol. The molecule has 1 aromatic carbocycles. The average Bonchev–Trinajstić information content (AvgIpc) is 3.03. The van der Waals surface area contributed by atoms with Crippen molar-refractivity contribution < 1.29 is 9.53 Å². The topological polar surface area (TPSA) is 68.2 Å². The van der Waals surface area contributed by atoms with Crippen molar-refractivity contribution in [3.8, 4) is 11.4 Å². The molecule has 1 aromatic heterocycles. The van der Waals surface area contributed by atoms with Gasteiger partial charge in [0.05, 0.1) is 12.8 Å². The number of methoxy groups -OCH3 is 1. The highest BCUT2D eigenvalue weighted by molar-refractivity contribution is 5.92. The van der Waals surface area contributed by atoms with Crippen molar-refractivity contribution in [1.29, 1.82) is 0 Å². The fourth-order valence-corrected chi connectivity index (χ4v) is 2.08. The van der Waals surface area contributed by atoms with Crippen LogP contribution in [0.2, 0.25) is 0 Å². The number of hydrogen-bond acceptors (Lipinski definition) is 4. The number of carbonyl (C=O) groups is 1. The summed E-state index contributed by atoms with van der Waals surface area (Å²) in [7, 11) is 1.62. The first kappa shape index (κ1) is 16.0. The summed E-state index contributed by atoms with van der Waals surface area (Å²) in [4.78, 5) is 12.1. The summed E-state index contributed by atoms with van der Waals surface area (Å²) in [5, 5.41) is 10.4. The average molecular weight is 302 g/mol. The van der Waals surface area contributed by atoms with Gasteiger partial charge in [0.1, 0.15) is 5.75 Å². The molecule has 22 heavy (non-hydrogen) atoms. The maximum absolute atomic E-state index is 12.1. The zero-order valence-electron chi connectivity index (χ0n) is 13.2. The minimum atomic E-state index is -0.169. The van der Waals surface area contributed by atoms with E-state index in [1.165, 1.54) is 0 Å². The van der Waals surface area contributed by atoms with E-state index in [1.807, 2.05) is 38.1 Å². The third kappa shape index (κ3) is 4.08. The number of carbonyl (C=O) groups excluding carboxylic acids is 1. The number of rotatable bonds is 7. The number of hydrogen-bond donors (Lipinski definition) is 2. The molecule has 6 nitrogen and oxygen atoms in total. The van der Waals surface area contributed by atoms with E-state index in [2.05, 4.69) is 15.7 Å². The lowest BCUT2D eigenvalue weighted by molar-refractivity contribution is 0.0945. The molecule has 0 unspecified atom stereocenters. The number of likely N-dealkylation sites (N-methyl/N-ethyl adjacent to an activating group) is 1. The minimum Gasteiger partial charge on any atom is -0.497 e. The summed E-state index contributed by atoms with van der Waals surface area (Å²) in [6.07, 6.45) is 1.77. The largest absolute Gasteiger partial charge is 0.497 e. The van der Waals surface area contributed by atoms with Crippen molar-refractivity contribution in [3.05, 3.63) is 42.2 Å². The molecule has 2 N–H and O–H groups in total. The number of aromatic nitrogens is 2. The Morgan fingerprint density at radius 1 is 1.32 bits per heavy atom. The van der Waals surface area contributed by atoms with Crippen LogP contribution < -0.4 is 15.4 Å². The van der Waals surface area contributed by atoms with E-state index in [0.29, 0.717) is 12.2 Å². The minimum absolute atomic E-state index is 0.169. The Morgan fingerprint density at radius 3 is 2.68 bits per heavy atom. The fourth-order valence-electron chi connectivity index (χ4n) is 2.08. The Labute approximate surface area is 130 Å². The zero-order chi connectivity index (χ0) is 15.9. The second kappa shape index (κ2) is 7.61. The second-order valence-corrected chi connectivity index (χ2v) is 5.01. The van der Waals surface area contributed by atoms with Crippen molar-refractivity contribution in [3.63, 3.8) is 0 Å². The van der Waals surface area contributed by atoms with Crippen molar-refractivity contribution in [2.45, 2.75) is 19.9 Å². The molecule has 0 radical (unpaired) electrons. The van der Waals surface area contributed by atoms with E-state index in [-0.39, 0.29) is 11.9 Å². The van der Waals surface area contributed by atoms with Gasteiger partial charge in [0.2, 0.25) is 0 Å². The molecule has 0 fully saturated rings. The molecule has 0 aliphatic rings. The lowest BCUT2D eigenvalue weighted by Crippen LogP contribution is -2.38. The van der Waals surface area contributed by atoms with E-state index in [1.54, 1.807) is 24.1 Å². The highest BCUT2D eigenvalue weighted by Gasteiger charge is 2.11. The van der Waals surface area contributed by atoms with Crippen LogP contribution in [0, 0.1) is 0 Å². The summed E-state index contributed by atoms with van der Waals surface area (Å²) < 4.78 is 6.79. The van der Waals surface area contributed by atoms with Crippen LogP contribution >= 0.6 is 0 Å². The summed E-state index contributed by atoms with van der Waals surface area (Å²) in [6, 6.07) is 9.43. The number of ether oxygens (including phenoxy) is 1. The zero-order valence-corrected chi connectivity index (χ0v) is 13.2. The van der Waals surface area contributed by atoms with Crippen molar-refractivity contribution in [2.75, 3.05) is 20.2 Å². The smallest absolute Gasteiger partial charge is 0.271 e. The van der Waals surface area contributed by atoms with Crippen LogP contribution in [-0.4, -0.2) is 41.9 Å². The van der Waals surface area contributed by atoms with Gasteiger partial charge in [-0.25, -0.2) is 4.68 Å². The second-order valence-electron chi connectivity index (χ2n) is 5.01. The first-order chi connectivity index (χ1) is 10.6. The molecular formula is C16H22N4O2. The van der Waals surface area contributed by atoms with E-state index in [4.69, 9.17) is 4.74 Å². The summed E-state index contributed by atoms with van der Waals surface area (Å²) in [5.41, 5.74) is 1.28. The van der Waals surface area contributed by atoms with Crippen LogP contribution in [-0.2, 0) is 0 Å². The molecule has 6 heteroatoms. The number of benzene rings is 1. The van der Waals surface area contributed by atoms with Gasteiger partial charge < -0.3 is 15.4 Å². The van der Waals surface area contributed by atoms with E-state index >= 15 is 0 Å². The lowest BCUT2D eigenvalue weighted by atomic mass is 10.3. The first-order valence-corrected chi connectivity index (χ1v) is 7.35. The van der Waals surface area contributed by atoms with Crippen molar-refractivity contribution >= 4 is 5.91 Å². The van der Waals surface area contributed by atoms with Crippen LogP contribution in [0.15, 0.2) is 36.5 Å². The predicted octanol–water partition coefficient (Wildman–Crippen LogP) is 1.61. The van der Waals surface area contributed by atoms with Gasteiger partial charge in [-0.05, 0) is 43.8 Å². The standard InChI is InChI=1S/C16H22N4O2/c1-4-17-12(2)11-18-16(21)15-9-10-20(19-15)13-5-7-14(22-3)8-6-13/h5-10,12,17H,4,11H2,1-3H3,(H,18,21)/t12-/m1/s1. The Kier molecular flexibility index (Phi) is 5.55. The van der Waals surface area contributed by atoms with Gasteiger partial charge in [0.15, 0.2) is 5.69 Å². The third-order valence-electron chi connectivity index (χ3n) is 3.28. The highest BCUT2D eigenvalue weighted by atomic mass is 16.5. The molecule has 1 amide bonds. The van der Waals surface area contributed by atoms with Crippen LogP contribution in [0.1, 0.15) is 24.3 Å². The normalized spacial score (nSPS) is 12.0. The van der Waals surface area contributed by atoms with Gasteiger partial charge in [-0.15, -0.1) is 0 Å². The van der Waals surface area contributed by atoms with Gasteiger partial charge in [0, 0.05) is 18.8 Å². The van der Waals surface area contributed by atoms with Gasteiger partial charge in [0.25, 0.3) is 5.91 Å². The van der Waals surface area contributed by atoms with Gasteiger partial charge in [-0.3, -0.25) is 4.79 Å². The molecular weight excluding hydrogens is 280 g/mol. The third-order valence-corrected chi connectivity index (χ3v) is 3.28. The van der Waals surface area contributed by atoms with E-state index in [0.717, 1.165) is 18.0 Å². The quantitative estimate of drug-likeness (QED) is 0.815. The SMILES string of the molecule is CCN[C@H](C)CNC(=O)c1ccn(-c2ccc(OC)cc2)n1. The predicted molar refractivity (Wildman–Crippen MR) is 85.6 cm³/mol. The van der Waals surface area contributed by atoms with Crippen LogP contribution in [0.5, 0.6) is 5.75 Å². The van der Waals surface area contributed by atoms with Crippen LogP contribution in [0.3, 0.4) is 0 Å². The molecule has 0 spiro atoms. The first-order valence-electron chi connectivity index (χ1n) is 7.35. The van der Waals surface area contributed by atoms with Crippen molar-refractivity contribution in [2.24, 2.45) is 0 Å². The molecule has 0 aliphatic carbocycles. The molecule has 0 bridgehead atoms. The van der Waals surface area contributed by atoms with E-state index < -0.39 is 0 Å². The molecule has 2 rings (SSSR count). The molecule has 1 atom stereocenters. The lowest BCUT2D eigenvalue weighted by Gasteiger charge is -2.12. The number of nitrogens with zero attached hydrogens (tertiary/aromatic N) is 2. The maximum Gasteiger partial charge on any atom is 0.271 e. The molecule has 0 saturated heterocycles. The van der Waals surface area contributed by atoms with Gasteiger partial charge in [-0.1, -0.05) is 6.92 Å². The highest BCUT2D eigenvalue weighted by Crippen LogP contribution is 2.14. The maximum atomic E-state index is 12.1. The molecule has 0 aliphatic heterocycles. The Morgan fingerprint density at radius 2 is 2.05 bits per heavy atom. The molecule has 118 valence electrons. The van der Waals surface area contributed by atoms with E-state index in [9.17, 15) is 4.79 Å². The molecule has 0 saturated carbocycles. The Balaban J connectivity index is 1.99. The van der Waals surface area contributed by atoms with Crippen molar-refractivity contribution in [1.82, 2.24) is 20.4 Å². The Hall–Kier alpha value is -2.34. The summed E-state index contributed by atoms with van der Waals surface area (Å²) >= 11 is 0. The Bertz CT molecular complexity index is 607. The summed E-state index contributed by atoms with van der Waals surface area (Å²) in [6.45, 7) is 5.51. The molecule has 1 heterocycles. The molecule has 2 aromatic rings. The van der Waals surface area contributed by atoms with Crippen LogP contribution in [0.4, 0.5) is 0 Å². The van der Waals surface area contributed by atoms with Gasteiger partial charge >= 0.3 is 0 Å². The summed E-state index contributed by atoms with van der Waals surface area (Å²) in [5.74, 6) is 0.614. The van der Waals surface area contributed by atoms with Gasteiger partial charge in [-0.2, -0.15) is 5.10 Å². The van der Waals surface area contributed by atoms with Crippen LogP contribution in [0.25, 0.3) is 5.69 Å². The number of nitrogens with one attached hydrogen (secondary N) is 2. The fraction of sp³-hybridized carbons (Fsp3) is 0.375. The number of amides is 1.